The standard InChI is InChI=1S/C20H26N6O4/c1-12-17(13(2)30-23-12)19(28)25-7-3-6-20(10-25)11-26-16(9-29-20)15(22-24-26)8-21-18(27)14-4-5-14/h14H,3-11H2,1-2H3,(H,21,27). The number of hydrogen-bond acceptors (Lipinski definition) is 7. The highest BCUT2D eigenvalue weighted by molar-refractivity contribution is 5.96. The highest BCUT2D eigenvalue weighted by Crippen LogP contribution is 2.33. The molecule has 1 saturated carbocycles. The van der Waals surface area contributed by atoms with Crippen molar-refractivity contribution in [2.45, 2.75) is 64.8 Å². The van der Waals surface area contributed by atoms with Crippen LogP contribution in [0.3, 0.4) is 0 Å². The van der Waals surface area contributed by atoms with Crippen molar-refractivity contribution in [3.63, 3.8) is 0 Å². The molecule has 0 bridgehead atoms. The number of piperidine rings is 1. The summed E-state index contributed by atoms with van der Waals surface area (Å²) in [4.78, 5) is 26.8. The first-order valence-corrected chi connectivity index (χ1v) is 10.5. The van der Waals surface area contributed by atoms with Gasteiger partial charge < -0.3 is 19.5 Å². The molecule has 1 N–H and O–H groups in total. The molecule has 3 aliphatic rings. The molecule has 4 heterocycles. The van der Waals surface area contributed by atoms with Crippen LogP contribution in [0.4, 0.5) is 0 Å². The van der Waals surface area contributed by atoms with Crippen LogP contribution in [0.1, 0.15) is 58.9 Å². The van der Waals surface area contributed by atoms with Gasteiger partial charge in [0.1, 0.15) is 22.6 Å². The number of likely N-dealkylation sites (tertiary alicyclic amines) is 1. The lowest BCUT2D eigenvalue weighted by molar-refractivity contribution is -0.123. The maximum absolute atomic E-state index is 13.1. The second-order valence-corrected chi connectivity index (χ2v) is 8.63. The predicted molar refractivity (Wildman–Crippen MR) is 103 cm³/mol. The Bertz CT molecular complexity index is 974. The van der Waals surface area contributed by atoms with E-state index >= 15 is 0 Å². The molecule has 1 unspecified atom stereocenters. The number of rotatable bonds is 4. The third-order valence-corrected chi connectivity index (χ3v) is 6.32. The van der Waals surface area contributed by atoms with E-state index in [0.29, 0.717) is 49.8 Å². The van der Waals surface area contributed by atoms with Crippen LogP contribution in [-0.4, -0.2) is 55.6 Å². The number of hydrogen-bond donors (Lipinski definition) is 1. The lowest BCUT2D eigenvalue weighted by atomic mass is 9.90. The molecule has 0 aromatic carbocycles. The van der Waals surface area contributed by atoms with E-state index in [9.17, 15) is 9.59 Å². The molecule has 2 fully saturated rings. The summed E-state index contributed by atoms with van der Waals surface area (Å²) >= 11 is 0. The minimum absolute atomic E-state index is 0.0678. The Labute approximate surface area is 173 Å². The first-order chi connectivity index (χ1) is 14.5. The molecule has 160 valence electrons. The van der Waals surface area contributed by atoms with Gasteiger partial charge >= 0.3 is 0 Å². The van der Waals surface area contributed by atoms with E-state index in [1.807, 2.05) is 9.58 Å². The van der Waals surface area contributed by atoms with E-state index < -0.39 is 5.60 Å². The van der Waals surface area contributed by atoms with E-state index in [1.54, 1.807) is 13.8 Å². The lowest BCUT2D eigenvalue weighted by Crippen LogP contribution is -2.55. The van der Waals surface area contributed by atoms with E-state index in [2.05, 4.69) is 20.8 Å². The predicted octanol–water partition coefficient (Wildman–Crippen LogP) is 1.11. The number of carbonyl (C=O) groups excluding carboxylic acids is 2. The van der Waals surface area contributed by atoms with Gasteiger partial charge in [0.15, 0.2) is 0 Å². The molecule has 2 aliphatic heterocycles. The molecule has 10 heteroatoms. The average molecular weight is 414 g/mol. The maximum atomic E-state index is 13.1. The zero-order chi connectivity index (χ0) is 20.9. The SMILES string of the molecule is Cc1noc(C)c1C(=O)N1CCCC2(C1)Cn1nnc(CNC(=O)C3CC3)c1CO2. The topological polar surface area (TPSA) is 115 Å². The van der Waals surface area contributed by atoms with E-state index in [-0.39, 0.29) is 17.7 Å². The monoisotopic (exact) mass is 414 g/mol. The van der Waals surface area contributed by atoms with Gasteiger partial charge in [0.2, 0.25) is 5.91 Å². The highest BCUT2D eigenvalue weighted by Gasteiger charge is 2.43. The van der Waals surface area contributed by atoms with Crippen molar-refractivity contribution >= 4 is 11.8 Å². The number of amides is 2. The molecule has 2 aromatic heterocycles. The van der Waals surface area contributed by atoms with Gasteiger partial charge in [-0.15, -0.1) is 5.10 Å². The van der Waals surface area contributed by atoms with Gasteiger partial charge in [-0.25, -0.2) is 4.68 Å². The Morgan fingerprint density at radius 2 is 2.10 bits per heavy atom. The first kappa shape index (κ1) is 19.2. The zero-order valence-electron chi connectivity index (χ0n) is 17.3. The normalized spacial score (nSPS) is 23.5. The fourth-order valence-electron chi connectivity index (χ4n) is 4.46. The van der Waals surface area contributed by atoms with Gasteiger partial charge in [-0.3, -0.25) is 9.59 Å². The quantitative estimate of drug-likeness (QED) is 0.797. The van der Waals surface area contributed by atoms with Crippen LogP contribution in [0.5, 0.6) is 0 Å². The molecule has 1 saturated heterocycles. The van der Waals surface area contributed by atoms with Crippen LogP contribution in [-0.2, 0) is 29.2 Å². The summed E-state index contributed by atoms with van der Waals surface area (Å²) in [6.07, 6.45) is 3.65. The molecular formula is C20H26N6O4. The second-order valence-electron chi connectivity index (χ2n) is 8.63. The molecule has 10 nitrogen and oxygen atoms in total. The summed E-state index contributed by atoms with van der Waals surface area (Å²) in [7, 11) is 0. The third-order valence-electron chi connectivity index (χ3n) is 6.32. The Morgan fingerprint density at radius 1 is 1.27 bits per heavy atom. The van der Waals surface area contributed by atoms with E-state index in [1.165, 1.54) is 0 Å². The minimum atomic E-state index is -0.484. The van der Waals surface area contributed by atoms with Crippen molar-refractivity contribution in [1.29, 1.82) is 0 Å². The van der Waals surface area contributed by atoms with Crippen LogP contribution < -0.4 is 5.32 Å². The summed E-state index contributed by atoms with van der Waals surface area (Å²) in [6, 6.07) is 0. The van der Waals surface area contributed by atoms with Gasteiger partial charge in [0, 0.05) is 12.5 Å². The van der Waals surface area contributed by atoms with Crippen molar-refractivity contribution in [1.82, 2.24) is 30.4 Å². The molecule has 5 rings (SSSR count). The van der Waals surface area contributed by atoms with Crippen molar-refractivity contribution in [2.24, 2.45) is 5.92 Å². The Kier molecular flexibility index (Phi) is 4.61. The third kappa shape index (κ3) is 3.38. The van der Waals surface area contributed by atoms with Gasteiger partial charge in [0.05, 0.1) is 37.6 Å². The molecule has 2 amide bonds. The summed E-state index contributed by atoms with van der Waals surface area (Å²) in [5.41, 5.74) is 2.31. The van der Waals surface area contributed by atoms with Gasteiger partial charge in [0.25, 0.3) is 5.91 Å². The van der Waals surface area contributed by atoms with E-state index in [4.69, 9.17) is 9.26 Å². The van der Waals surface area contributed by atoms with Crippen LogP contribution in [0.25, 0.3) is 0 Å². The van der Waals surface area contributed by atoms with Gasteiger partial charge in [-0.2, -0.15) is 0 Å². The van der Waals surface area contributed by atoms with Crippen LogP contribution in [0, 0.1) is 19.8 Å². The van der Waals surface area contributed by atoms with Crippen molar-refractivity contribution in [3.8, 4) is 0 Å². The summed E-state index contributed by atoms with van der Waals surface area (Å²) < 4.78 is 13.3. The highest BCUT2D eigenvalue weighted by atomic mass is 16.5. The van der Waals surface area contributed by atoms with Gasteiger partial charge in [-0.05, 0) is 39.5 Å². The zero-order valence-corrected chi connectivity index (χ0v) is 17.3. The first-order valence-electron chi connectivity index (χ1n) is 10.5. The van der Waals surface area contributed by atoms with Gasteiger partial charge in [-0.1, -0.05) is 10.4 Å². The molecule has 1 spiro atoms. The molecule has 1 aliphatic carbocycles. The molecular weight excluding hydrogens is 388 g/mol. The van der Waals surface area contributed by atoms with E-state index in [0.717, 1.165) is 37.1 Å². The Balaban J connectivity index is 1.28. The Hall–Kier alpha value is -2.75. The molecule has 2 aromatic rings. The van der Waals surface area contributed by atoms with Crippen LogP contribution >= 0.6 is 0 Å². The Morgan fingerprint density at radius 3 is 2.83 bits per heavy atom. The fraction of sp³-hybridized carbons (Fsp3) is 0.650. The molecule has 0 radical (unpaired) electrons. The number of carbonyl (C=O) groups is 2. The van der Waals surface area contributed by atoms with Crippen molar-refractivity contribution < 1.29 is 18.8 Å². The number of nitrogens with zero attached hydrogens (tertiary/aromatic N) is 5. The molecule has 1 atom stereocenters. The number of nitrogens with one attached hydrogen (secondary N) is 1. The lowest BCUT2D eigenvalue weighted by Gasteiger charge is -2.44. The number of fused-ring (bicyclic) bond motifs is 1. The fourth-order valence-corrected chi connectivity index (χ4v) is 4.46. The maximum Gasteiger partial charge on any atom is 0.259 e. The molecule has 30 heavy (non-hydrogen) atoms. The summed E-state index contributed by atoms with van der Waals surface area (Å²) in [5, 5.41) is 15.4. The smallest absolute Gasteiger partial charge is 0.259 e. The number of ether oxygens (including phenoxy) is 1. The number of aromatic nitrogens is 4. The van der Waals surface area contributed by atoms with Crippen molar-refractivity contribution in [2.75, 3.05) is 13.1 Å². The van der Waals surface area contributed by atoms with Crippen LogP contribution in [0.2, 0.25) is 0 Å². The number of aryl methyl sites for hydroxylation is 2. The summed E-state index contributed by atoms with van der Waals surface area (Å²) in [6.45, 7) is 5.99. The largest absolute Gasteiger partial charge is 0.365 e. The average Bonchev–Trinajstić information content (AvgIpc) is 3.44. The second kappa shape index (κ2) is 7.19. The van der Waals surface area contributed by atoms with Crippen molar-refractivity contribution in [3.05, 3.63) is 28.4 Å². The summed E-state index contributed by atoms with van der Waals surface area (Å²) in [5.74, 6) is 0.727. The minimum Gasteiger partial charge on any atom is -0.365 e. The van der Waals surface area contributed by atoms with Crippen LogP contribution in [0.15, 0.2) is 4.52 Å².